The summed E-state index contributed by atoms with van der Waals surface area (Å²) in [6, 6.07) is 14.3. The normalized spacial score (nSPS) is 10.7. The van der Waals surface area contributed by atoms with Crippen LogP contribution in [0.3, 0.4) is 0 Å². The van der Waals surface area contributed by atoms with Crippen LogP contribution < -0.4 is 5.32 Å². The Kier molecular flexibility index (Phi) is 5.84. The van der Waals surface area contributed by atoms with Gasteiger partial charge in [0.2, 0.25) is 0 Å². The van der Waals surface area contributed by atoms with Gasteiger partial charge in [-0.1, -0.05) is 44.2 Å². The third kappa shape index (κ3) is 4.39. The summed E-state index contributed by atoms with van der Waals surface area (Å²) in [7, 11) is 0. The zero-order valence-corrected chi connectivity index (χ0v) is 15.4. The van der Waals surface area contributed by atoms with Gasteiger partial charge in [-0.2, -0.15) is 0 Å². The van der Waals surface area contributed by atoms with E-state index in [1.54, 1.807) is 12.5 Å². The van der Waals surface area contributed by atoms with E-state index in [0.29, 0.717) is 12.1 Å². The maximum absolute atomic E-state index is 12.5. The van der Waals surface area contributed by atoms with Crippen LogP contribution in [0.25, 0.3) is 0 Å². The first-order valence-corrected chi connectivity index (χ1v) is 9.13. The second kappa shape index (κ2) is 8.48. The fourth-order valence-corrected chi connectivity index (χ4v) is 3.04. The Morgan fingerprint density at radius 2 is 1.77 bits per heavy atom. The molecule has 0 aliphatic carbocycles. The maximum atomic E-state index is 12.5. The topological polar surface area (TPSA) is 46.9 Å². The lowest BCUT2D eigenvalue weighted by Crippen LogP contribution is -2.23. The standard InChI is InChI=1S/C22H25N3O/c1-3-17-5-8-19(4-2)21(13-17)14-24-22(26)20-9-6-18(7-10-20)15-25-12-11-23-16-25/h5-13,16H,3-4,14-15H2,1-2H3,(H,24,26). The van der Waals surface area contributed by atoms with Gasteiger partial charge < -0.3 is 9.88 Å². The molecule has 3 aromatic rings. The van der Waals surface area contributed by atoms with Crippen molar-refractivity contribution < 1.29 is 4.79 Å². The molecule has 4 heteroatoms. The van der Waals surface area contributed by atoms with E-state index in [1.807, 2.05) is 35.0 Å². The fourth-order valence-electron chi connectivity index (χ4n) is 3.04. The molecule has 1 N–H and O–H groups in total. The van der Waals surface area contributed by atoms with Gasteiger partial charge in [0.05, 0.1) is 6.33 Å². The molecule has 3 rings (SSSR count). The van der Waals surface area contributed by atoms with Gasteiger partial charge in [0, 0.05) is 31.0 Å². The quantitative estimate of drug-likeness (QED) is 0.702. The van der Waals surface area contributed by atoms with Crippen molar-refractivity contribution in [1.82, 2.24) is 14.9 Å². The van der Waals surface area contributed by atoms with Crippen LogP contribution in [0.2, 0.25) is 0 Å². The predicted octanol–water partition coefficient (Wildman–Crippen LogP) is 3.99. The molecule has 0 atom stereocenters. The first-order chi connectivity index (χ1) is 12.7. The summed E-state index contributed by atoms with van der Waals surface area (Å²) >= 11 is 0. The zero-order valence-electron chi connectivity index (χ0n) is 15.4. The fraction of sp³-hybridized carbons (Fsp3) is 0.273. The second-order valence-corrected chi connectivity index (χ2v) is 6.42. The van der Waals surface area contributed by atoms with E-state index in [9.17, 15) is 4.79 Å². The Hall–Kier alpha value is -2.88. The summed E-state index contributed by atoms with van der Waals surface area (Å²) in [6.07, 6.45) is 7.45. The molecule has 134 valence electrons. The lowest BCUT2D eigenvalue weighted by molar-refractivity contribution is 0.0951. The minimum atomic E-state index is -0.0388. The van der Waals surface area contributed by atoms with Crippen molar-refractivity contribution in [3.63, 3.8) is 0 Å². The summed E-state index contributed by atoms with van der Waals surface area (Å²) in [5.41, 5.74) is 5.62. The Labute approximate surface area is 154 Å². The van der Waals surface area contributed by atoms with Crippen LogP contribution in [0, 0.1) is 0 Å². The first-order valence-electron chi connectivity index (χ1n) is 9.13. The van der Waals surface area contributed by atoms with Gasteiger partial charge in [0.1, 0.15) is 0 Å². The van der Waals surface area contributed by atoms with Crippen LogP contribution in [0.5, 0.6) is 0 Å². The molecule has 1 amide bonds. The Bertz CT molecular complexity index is 852. The van der Waals surface area contributed by atoms with E-state index in [1.165, 1.54) is 16.7 Å². The van der Waals surface area contributed by atoms with E-state index >= 15 is 0 Å². The molecule has 0 unspecified atom stereocenters. The smallest absolute Gasteiger partial charge is 0.251 e. The van der Waals surface area contributed by atoms with Crippen LogP contribution >= 0.6 is 0 Å². The molecule has 1 aromatic heterocycles. The van der Waals surface area contributed by atoms with Crippen LogP contribution in [-0.2, 0) is 25.9 Å². The number of aryl methyl sites for hydroxylation is 2. The average molecular weight is 347 g/mol. The second-order valence-electron chi connectivity index (χ2n) is 6.42. The monoisotopic (exact) mass is 347 g/mol. The van der Waals surface area contributed by atoms with Crippen LogP contribution in [-0.4, -0.2) is 15.5 Å². The van der Waals surface area contributed by atoms with Crippen molar-refractivity contribution in [3.05, 3.63) is 89.0 Å². The molecule has 0 saturated carbocycles. The SMILES string of the molecule is CCc1ccc(CC)c(CNC(=O)c2ccc(Cn3ccnc3)cc2)c1. The van der Waals surface area contributed by atoms with Gasteiger partial charge in [0.25, 0.3) is 5.91 Å². The van der Waals surface area contributed by atoms with E-state index in [4.69, 9.17) is 0 Å². The number of carbonyl (C=O) groups is 1. The molecule has 0 fully saturated rings. The van der Waals surface area contributed by atoms with Crippen molar-refractivity contribution in [2.24, 2.45) is 0 Å². The third-order valence-corrected chi connectivity index (χ3v) is 4.64. The van der Waals surface area contributed by atoms with Gasteiger partial charge in [-0.3, -0.25) is 4.79 Å². The molecule has 26 heavy (non-hydrogen) atoms. The molecule has 1 heterocycles. The van der Waals surface area contributed by atoms with Crippen LogP contribution in [0.1, 0.15) is 46.5 Å². The molecular formula is C22H25N3O. The molecule has 0 spiro atoms. The Balaban J connectivity index is 1.63. The Morgan fingerprint density at radius 3 is 2.42 bits per heavy atom. The minimum absolute atomic E-state index is 0.0388. The van der Waals surface area contributed by atoms with Gasteiger partial charge in [0.15, 0.2) is 0 Å². The maximum Gasteiger partial charge on any atom is 0.251 e. The lowest BCUT2D eigenvalue weighted by atomic mass is 10.0. The number of nitrogens with one attached hydrogen (secondary N) is 1. The van der Waals surface area contributed by atoms with E-state index < -0.39 is 0 Å². The number of nitrogens with zero attached hydrogens (tertiary/aromatic N) is 2. The molecular weight excluding hydrogens is 322 g/mol. The summed E-state index contributed by atoms with van der Waals surface area (Å²) in [5, 5.41) is 3.05. The van der Waals surface area contributed by atoms with Gasteiger partial charge in [-0.15, -0.1) is 0 Å². The number of imidazole rings is 1. The number of hydrogen-bond acceptors (Lipinski definition) is 2. The predicted molar refractivity (Wildman–Crippen MR) is 104 cm³/mol. The average Bonchev–Trinajstić information content (AvgIpc) is 3.19. The number of benzene rings is 2. The highest BCUT2D eigenvalue weighted by Gasteiger charge is 2.08. The third-order valence-electron chi connectivity index (χ3n) is 4.64. The van der Waals surface area contributed by atoms with Crippen LogP contribution in [0.15, 0.2) is 61.2 Å². The van der Waals surface area contributed by atoms with E-state index in [-0.39, 0.29) is 5.91 Å². The van der Waals surface area contributed by atoms with Gasteiger partial charge in [-0.25, -0.2) is 4.98 Å². The summed E-state index contributed by atoms with van der Waals surface area (Å²) in [6.45, 7) is 5.61. The lowest BCUT2D eigenvalue weighted by Gasteiger charge is -2.12. The van der Waals surface area contributed by atoms with Gasteiger partial charge >= 0.3 is 0 Å². The molecule has 0 aliphatic rings. The molecule has 4 nitrogen and oxygen atoms in total. The summed E-state index contributed by atoms with van der Waals surface area (Å²) in [5.74, 6) is -0.0388. The largest absolute Gasteiger partial charge is 0.348 e. The summed E-state index contributed by atoms with van der Waals surface area (Å²) in [4.78, 5) is 16.5. The van der Waals surface area contributed by atoms with Crippen molar-refractivity contribution in [3.8, 4) is 0 Å². The van der Waals surface area contributed by atoms with Crippen molar-refractivity contribution in [2.75, 3.05) is 0 Å². The van der Waals surface area contributed by atoms with E-state index in [2.05, 4.69) is 42.3 Å². The van der Waals surface area contributed by atoms with Crippen molar-refractivity contribution in [2.45, 2.75) is 39.8 Å². The Morgan fingerprint density at radius 1 is 1.00 bits per heavy atom. The summed E-state index contributed by atoms with van der Waals surface area (Å²) < 4.78 is 2.00. The molecule has 0 bridgehead atoms. The number of aromatic nitrogens is 2. The minimum Gasteiger partial charge on any atom is -0.348 e. The number of hydrogen-bond donors (Lipinski definition) is 1. The number of carbonyl (C=O) groups excluding carboxylic acids is 1. The number of amides is 1. The molecule has 0 radical (unpaired) electrons. The highest BCUT2D eigenvalue weighted by atomic mass is 16.1. The molecule has 0 saturated heterocycles. The molecule has 2 aromatic carbocycles. The van der Waals surface area contributed by atoms with Crippen LogP contribution in [0.4, 0.5) is 0 Å². The first kappa shape index (κ1) is 17.9. The van der Waals surface area contributed by atoms with Crippen molar-refractivity contribution in [1.29, 1.82) is 0 Å². The van der Waals surface area contributed by atoms with E-state index in [0.717, 1.165) is 24.9 Å². The van der Waals surface area contributed by atoms with Gasteiger partial charge in [-0.05, 0) is 47.2 Å². The molecule has 0 aliphatic heterocycles. The highest BCUT2D eigenvalue weighted by Crippen LogP contribution is 2.14. The number of rotatable bonds is 7. The zero-order chi connectivity index (χ0) is 18.4. The highest BCUT2D eigenvalue weighted by molar-refractivity contribution is 5.94. The van der Waals surface area contributed by atoms with Crippen molar-refractivity contribution >= 4 is 5.91 Å².